The Morgan fingerprint density at radius 1 is 1.33 bits per heavy atom. The van der Waals surface area contributed by atoms with Gasteiger partial charge in [-0.15, -0.1) is 0 Å². The summed E-state index contributed by atoms with van der Waals surface area (Å²) in [5, 5.41) is 5.04. The molecule has 0 saturated heterocycles. The zero-order chi connectivity index (χ0) is 9.78. The third-order valence-corrected chi connectivity index (χ3v) is 3.20. The molecule has 0 aromatic heterocycles. The van der Waals surface area contributed by atoms with Gasteiger partial charge in [0.1, 0.15) is 0 Å². The molecule has 2 N–H and O–H groups in total. The van der Waals surface area contributed by atoms with Crippen LogP contribution in [0.15, 0.2) is 0 Å². The molecule has 3 heteroatoms. The Morgan fingerprint density at radius 3 is 1.58 bits per heavy atom. The fraction of sp³-hybridized carbons (Fsp3) is 1.00. The molecule has 1 unspecified atom stereocenters. The molecule has 12 heavy (non-hydrogen) atoms. The molecule has 0 radical (unpaired) electrons. The van der Waals surface area contributed by atoms with E-state index < -0.39 is 11.0 Å². The largest absolute Gasteiger partial charge is 0.251 e. The first kappa shape index (κ1) is 12.1. The molecule has 2 nitrogen and oxygen atoms in total. The van der Waals surface area contributed by atoms with Crippen molar-refractivity contribution >= 4 is 11.0 Å². The maximum atomic E-state index is 10.4. The van der Waals surface area contributed by atoms with Gasteiger partial charge >= 0.3 is 0 Å². The van der Waals surface area contributed by atoms with E-state index >= 15 is 0 Å². The van der Waals surface area contributed by atoms with Crippen molar-refractivity contribution in [1.82, 2.24) is 0 Å². The van der Waals surface area contributed by atoms with Crippen LogP contribution in [-0.4, -0.2) is 8.96 Å². The van der Waals surface area contributed by atoms with Crippen molar-refractivity contribution in [2.75, 3.05) is 0 Å². The smallest absolute Gasteiger partial charge is 0.0942 e. The number of rotatable bonds is 0. The van der Waals surface area contributed by atoms with E-state index in [1.807, 2.05) is 20.8 Å². The summed E-state index contributed by atoms with van der Waals surface area (Å²) >= 11 is 0. The van der Waals surface area contributed by atoms with Crippen LogP contribution < -0.4 is 5.14 Å². The molecular weight excluding hydrogens is 170 g/mol. The fourth-order valence-corrected chi connectivity index (χ4v) is 0.612. The van der Waals surface area contributed by atoms with Crippen LogP contribution in [0.2, 0.25) is 0 Å². The first-order chi connectivity index (χ1) is 5.34. The maximum Gasteiger partial charge on any atom is 0.0942 e. The standard InChI is InChI=1S/C5H10.C4H11NOS/c1-5-3-2-4-5;1-4(2,3)7(5)6/h5H,2-4H2,1H3;5H2,1-3H3. The van der Waals surface area contributed by atoms with Crippen molar-refractivity contribution in [3.63, 3.8) is 0 Å². The lowest BCUT2D eigenvalue weighted by Gasteiger charge is -2.18. The predicted octanol–water partition coefficient (Wildman–Crippen LogP) is 2.21. The van der Waals surface area contributed by atoms with Gasteiger partial charge < -0.3 is 0 Å². The Balaban J connectivity index is 0.000000211. The quantitative estimate of drug-likeness (QED) is 0.627. The Morgan fingerprint density at radius 2 is 1.58 bits per heavy atom. The first-order valence-corrected chi connectivity index (χ1v) is 5.71. The molecule has 1 rings (SSSR count). The molecule has 0 amide bonds. The molecule has 0 heterocycles. The maximum absolute atomic E-state index is 10.4. The summed E-state index contributed by atoms with van der Waals surface area (Å²) in [5.74, 6) is 1.06. The van der Waals surface area contributed by atoms with Gasteiger partial charge in [-0.2, -0.15) is 0 Å². The van der Waals surface area contributed by atoms with Gasteiger partial charge in [0.2, 0.25) is 0 Å². The molecule has 0 bridgehead atoms. The van der Waals surface area contributed by atoms with Gasteiger partial charge in [-0.3, -0.25) is 5.14 Å². The second-order valence-corrected chi connectivity index (χ2v) is 6.27. The van der Waals surface area contributed by atoms with Crippen molar-refractivity contribution in [2.45, 2.75) is 51.7 Å². The minimum absolute atomic E-state index is 0.250. The highest BCUT2D eigenvalue weighted by Gasteiger charge is 2.14. The lowest BCUT2D eigenvalue weighted by molar-refractivity contribution is 0.346. The molecule has 1 aliphatic carbocycles. The molecule has 0 aliphatic heterocycles. The topological polar surface area (TPSA) is 43.1 Å². The van der Waals surface area contributed by atoms with Crippen LogP contribution in [0.25, 0.3) is 0 Å². The van der Waals surface area contributed by atoms with Crippen LogP contribution in [0.4, 0.5) is 0 Å². The molecule has 0 spiro atoms. The normalized spacial score (nSPS) is 20.4. The second-order valence-electron chi connectivity index (χ2n) is 4.45. The predicted molar refractivity (Wildman–Crippen MR) is 55.1 cm³/mol. The second kappa shape index (κ2) is 4.97. The summed E-state index contributed by atoms with van der Waals surface area (Å²) in [6.45, 7) is 7.82. The summed E-state index contributed by atoms with van der Waals surface area (Å²) in [4.78, 5) is 0. The highest BCUT2D eigenvalue weighted by atomic mass is 32.2. The zero-order valence-corrected chi connectivity index (χ0v) is 9.41. The lowest BCUT2D eigenvalue weighted by Crippen LogP contribution is -2.27. The van der Waals surface area contributed by atoms with Crippen LogP contribution in [0.1, 0.15) is 47.0 Å². The molecule has 1 saturated carbocycles. The highest BCUT2D eigenvalue weighted by molar-refractivity contribution is 7.84. The van der Waals surface area contributed by atoms with Crippen molar-refractivity contribution in [1.29, 1.82) is 0 Å². The van der Waals surface area contributed by atoms with Gasteiger partial charge in [0.25, 0.3) is 0 Å². The zero-order valence-electron chi connectivity index (χ0n) is 8.59. The van der Waals surface area contributed by atoms with Gasteiger partial charge in [0, 0.05) is 0 Å². The molecule has 0 aromatic rings. The SMILES string of the molecule is CC(C)(C)S(N)=O.CC1CCC1. The van der Waals surface area contributed by atoms with Gasteiger partial charge in [-0.25, -0.2) is 4.21 Å². The molecule has 1 atom stereocenters. The summed E-state index contributed by atoms with van der Waals surface area (Å²) < 4.78 is 10.1. The van der Waals surface area contributed by atoms with E-state index in [9.17, 15) is 4.21 Å². The van der Waals surface area contributed by atoms with E-state index in [1.165, 1.54) is 19.3 Å². The minimum Gasteiger partial charge on any atom is -0.251 e. The highest BCUT2D eigenvalue weighted by Crippen LogP contribution is 2.24. The summed E-state index contributed by atoms with van der Waals surface area (Å²) in [5.41, 5.74) is 0. The Bertz CT molecular complexity index is 147. The molecule has 1 aliphatic rings. The summed E-state index contributed by atoms with van der Waals surface area (Å²) in [6, 6.07) is 0. The molecule has 1 fully saturated rings. The van der Waals surface area contributed by atoms with E-state index in [-0.39, 0.29) is 4.75 Å². The Kier molecular flexibility index (Phi) is 5.02. The van der Waals surface area contributed by atoms with Gasteiger partial charge in [0.05, 0.1) is 15.7 Å². The summed E-state index contributed by atoms with van der Waals surface area (Å²) in [7, 11) is -1.18. The van der Waals surface area contributed by atoms with Gasteiger partial charge in [-0.1, -0.05) is 26.2 Å². The fourth-order valence-electron chi connectivity index (χ4n) is 0.612. The molecule has 0 aromatic carbocycles. The van der Waals surface area contributed by atoms with Gasteiger partial charge in [0.15, 0.2) is 0 Å². The monoisotopic (exact) mass is 191 g/mol. The Hall–Kier alpha value is 0.110. The summed E-state index contributed by atoms with van der Waals surface area (Å²) in [6.07, 6.45) is 4.46. The lowest BCUT2D eigenvalue weighted by atomic mass is 9.88. The van der Waals surface area contributed by atoms with Crippen LogP contribution in [0, 0.1) is 5.92 Å². The van der Waals surface area contributed by atoms with Crippen molar-refractivity contribution < 1.29 is 4.21 Å². The Labute approximate surface area is 78.5 Å². The van der Waals surface area contributed by atoms with Crippen LogP contribution in [0.3, 0.4) is 0 Å². The van der Waals surface area contributed by atoms with Crippen LogP contribution in [-0.2, 0) is 11.0 Å². The third-order valence-electron chi connectivity index (χ3n) is 2.00. The van der Waals surface area contributed by atoms with Crippen molar-refractivity contribution in [2.24, 2.45) is 11.1 Å². The molecule has 74 valence electrons. The van der Waals surface area contributed by atoms with E-state index in [1.54, 1.807) is 0 Å². The van der Waals surface area contributed by atoms with E-state index in [2.05, 4.69) is 6.92 Å². The van der Waals surface area contributed by atoms with Crippen LogP contribution >= 0.6 is 0 Å². The van der Waals surface area contributed by atoms with E-state index in [0.29, 0.717) is 0 Å². The first-order valence-electron chi connectivity index (χ1n) is 4.50. The van der Waals surface area contributed by atoms with Crippen LogP contribution in [0.5, 0.6) is 0 Å². The van der Waals surface area contributed by atoms with Gasteiger partial charge in [-0.05, 0) is 26.7 Å². The van der Waals surface area contributed by atoms with E-state index in [0.717, 1.165) is 5.92 Å². The third kappa shape index (κ3) is 5.72. The number of hydrogen-bond donors (Lipinski definition) is 1. The van der Waals surface area contributed by atoms with Crippen molar-refractivity contribution in [3.8, 4) is 0 Å². The van der Waals surface area contributed by atoms with E-state index in [4.69, 9.17) is 5.14 Å². The van der Waals surface area contributed by atoms with Crippen molar-refractivity contribution in [3.05, 3.63) is 0 Å². The number of nitrogens with two attached hydrogens (primary N) is 1. The number of hydrogen-bond acceptors (Lipinski definition) is 1. The average Bonchev–Trinajstić information content (AvgIpc) is 1.83. The molecular formula is C9H21NOS. The average molecular weight is 191 g/mol. The minimum atomic E-state index is -1.18.